The molecule has 0 bridgehead atoms. The largest absolute Gasteiger partial charge is 0.465 e. The molecule has 1 aliphatic rings. The van der Waals surface area contributed by atoms with Gasteiger partial charge in [-0.2, -0.15) is 5.10 Å². The number of rotatable bonds is 2. The van der Waals surface area contributed by atoms with E-state index in [0.717, 1.165) is 5.69 Å². The van der Waals surface area contributed by atoms with Gasteiger partial charge in [0.2, 0.25) is 0 Å². The summed E-state index contributed by atoms with van der Waals surface area (Å²) >= 11 is 6.68. The summed E-state index contributed by atoms with van der Waals surface area (Å²) in [5.74, 6) is 0.227. The van der Waals surface area contributed by atoms with Gasteiger partial charge in [-0.3, -0.25) is 0 Å². The number of nitrogens with two attached hydrogens (primary N) is 1. The van der Waals surface area contributed by atoms with Crippen LogP contribution in [0, 0.1) is 5.82 Å². The van der Waals surface area contributed by atoms with Crippen molar-refractivity contribution >= 4 is 43.8 Å². The Bertz CT molecular complexity index is 765. The number of nitrogen functional groups attached to an aromatic ring is 1. The Morgan fingerprint density at radius 2 is 1.83 bits per heavy atom. The van der Waals surface area contributed by atoms with E-state index in [4.69, 9.17) is 10.8 Å². The Balaban J connectivity index is 1.88. The highest BCUT2D eigenvalue weighted by Gasteiger charge is 2.26. The molecule has 3 N–H and O–H groups in total. The lowest BCUT2D eigenvalue weighted by Crippen LogP contribution is -2.36. The number of likely N-dealkylation sites (tertiary alicyclic amines) is 1. The average Bonchev–Trinajstić information content (AvgIpc) is 2.88. The number of nitrogens with zero attached hydrogens (tertiary/aromatic N) is 3. The SMILES string of the molecule is Nc1cc(C2CCN(C(=O)O)CC2)nn1-c1c(Br)cc(F)cc1Br. The van der Waals surface area contributed by atoms with Crippen molar-refractivity contribution in [3.8, 4) is 5.69 Å². The van der Waals surface area contributed by atoms with Crippen molar-refractivity contribution < 1.29 is 14.3 Å². The van der Waals surface area contributed by atoms with Crippen LogP contribution < -0.4 is 5.73 Å². The van der Waals surface area contributed by atoms with E-state index in [1.807, 2.05) is 0 Å². The third-order valence-electron chi connectivity index (χ3n) is 4.13. The van der Waals surface area contributed by atoms with Gasteiger partial charge in [0, 0.05) is 34.0 Å². The van der Waals surface area contributed by atoms with Crippen LogP contribution in [0.5, 0.6) is 0 Å². The minimum atomic E-state index is -0.891. The normalized spacial score (nSPS) is 15.7. The molecule has 3 rings (SSSR count). The van der Waals surface area contributed by atoms with Crippen LogP contribution >= 0.6 is 31.9 Å². The predicted molar refractivity (Wildman–Crippen MR) is 94.9 cm³/mol. The van der Waals surface area contributed by atoms with E-state index in [9.17, 15) is 9.18 Å². The van der Waals surface area contributed by atoms with Gasteiger partial charge in [0.1, 0.15) is 11.6 Å². The van der Waals surface area contributed by atoms with Crippen LogP contribution in [0.25, 0.3) is 5.69 Å². The number of amides is 1. The molecular formula is C15H15Br2FN4O2. The van der Waals surface area contributed by atoms with Crippen molar-refractivity contribution in [1.82, 2.24) is 14.7 Å². The summed E-state index contributed by atoms with van der Waals surface area (Å²) in [5, 5.41) is 13.6. The summed E-state index contributed by atoms with van der Waals surface area (Å²) in [6.45, 7) is 0.966. The smallest absolute Gasteiger partial charge is 0.407 e. The fraction of sp³-hybridized carbons (Fsp3) is 0.333. The highest BCUT2D eigenvalue weighted by atomic mass is 79.9. The predicted octanol–water partition coefficient (Wildman–Crippen LogP) is 3.98. The van der Waals surface area contributed by atoms with Gasteiger partial charge in [-0.15, -0.1) is 0 Å². The van der Waals surface area contributed by atoms with Gasteiger partial charge in [-0.25, -0.2) is 13.9 Å². The molecule has 0 aliphatic carbocycles. The molecule has 1 saturated heterocycles. The first-order valence-corrected chi connectivity index (χ1v) is 8.93. The number of hydrogen-bond acceptors (Lipinski definition) is 3. The Kier molecular flexibility index (Phi) is 4.82. The van der Waals surface area contributed by atoms with E-state index in [-0.39, 0.29) is 11.7 Å². The van der Waals surface area contributed by atoms with Gasteiger partial charge in [0.15, 0.2) is 0 Å². The van der Waals surface area contributed by atoms with E-state index in [1.54, 1.807) is 10.7 Å². The molecule has 0 radical (unpaired) electrons. The number of hydrogen-bond donors (Lipinski definition) is 2. The molecule has 0 spiro atoms. The second kappa shape index (κ2) is 6.72. The summed E-state index contributed by atoms with van der Waals surface area (Å²) in [6.07, 6.45) is 0.515. The molecule has 0 atom stereocenters. The molecule has 24 heavy (non-hydrogen) atoms. The van der Waals surface area contributed by atoms with E-state index in [1.165, 1.54) is 17.0 Å². The average molecular weight is 462 g/mol. The zero-order chi connectivity index (χ0) is 17.4. The summed E-state index contributed by atoms with van der Waals surface area (Å²) in [4.78, 5) is 12.4. The number of benzene rings is 1. The molecule has 1 amide bonds. The first-order valence-electron chi connectivity index (χ1n) is 7.35. The lowest BCUT2D eigenvalue weighted by atomic mass is 9.94. The third-order valence-corrected chi connectivity index (χ3v) is 5.34. The topological polar surface area (TPSA) is 84.4 Å². The molecule has 9 heteroatoms. The van der Waals surface area contributed by atoms with E-state index in [2.05, 4.69) is 37.0 Å². The second-order valence-electron chi connectivity index (χ2n) is 5.67. The Hall–Kier alpha value is -1.61. The van der Waals surface area contributed by atoms with Crippen LogP contribution in [0.1, 0.15) is 24.5 Å². The van der Waals surface area contributed by atoms with Gasteiger partial charge >= 0.3 is 6.09 Å². The molecule has 6 nitrogen and oxygen atoms in total. The molecule has 2 heterocycles. The van der Waals surface area contributed by atoms with E-state index in [0.29, 0.717) is 46.4 Å². The Morgan fingerprint density at radius 3 is 2.38 bits per heavy atom. The number of anilines is 1. The van der Waals surface area contributed by atoms with Gasteiger partial charge in [0.05, 0.1) is 11.4 Å². The van der Waals surface area contributed by atoms with E-state index < -0.39 is 6.09 Å². The number of aromatic nitrogens is 2. The molecule has 1 aromatic heterocycles. The van der Waals surface area contributed by atoms with E-state index >= 15 is 0 Å². The molecule has 2 aromatic rings. The number of halogens is 3. The van der Waals surface area contributed by atoms with Gasteiger partial charge in [-0.1, -0.05) is 0 Å². The van der Waals surface area contributed by atoms with Crippen LogP contribution in [-0.2, 0) is 0 Å². The highest BCUT2D eigenvalue weighted by molar-refractivity contribution is 9.11. The summed E-state index contributed by atoms with van der Waals surface area (Å²) in [7, 11) is 0. The van der Waals surface area contributed by atoms with Crippen molar-refractivity contribution in [3.63, 3.8) is 0 Å². The summed E-state index contributed by atoms with van der Waals surface area (Å²) < 4.78 is 16.1. The Labute approximate surface area is 154 Å². The van der Waals surface area contributed by atoms with Crippen LogP contribution in [0.2, 0.25) is 0 Å². The molecule has 1 aliphatic heterocycles. The molecule has 1 aromatic carbocycles. The second-order valence-corrected chi connectivity index (χ2v) is 7.38. The molecule has 0 unspecified atom stereocenters. The van der Waals surface area contributed by atoms with Crippen LogP contribution in [0.3, 0.4) is 0 Å². The quantitative estimate of drug-likeness (QED) is 0.708. The first kappa shape index (κ1) is 17.2. The molecule has 1 fully saturated rings. The minimum Gasteiger partial charge on any atom is -0.465 e. The maximum atomic E-state index is 13.4. The highest BCUT2D eigenvalue weighted by Crippen LogP contribution is 2.34. The zero-order valence-corrected chi connectivity index (χ0v) is 15.7. The van der Waals surface area contributed by atoms with Crippen molar-refractivity contribution in [3.05, 3.63) is 38.7 Å². The fourth-order valence-electron chi connectivity index (χ4n) is 2.90. The van der Waals surface area contributed by atoms with Crippen molar-refractivity contribution in [2.24, 2.45) is 0 Å². The van der Waals surface area contributed by atoms with Crippen molar-refractivity contribution in [2.45, 2.75) is 18.8 Å². The van der Waals surface area contributed by atoms with Gasteiger partial charge in [0.25, 0.3) is 0 Å². The minimum absolute atomic E-state index is 0.155. The lowest BCUT2D eigenvalue weighted by molar-refractivity contribution is 0.131. The standard InChI is InChI=1S/C15H15Br2FN4O2/c16-10-5-9(18)6-11(17)14(10)22-13(19)7-12(20-22)8-1-3-21(4-2-8)15(23)24/h5-8H,1-4,19H2,(H,23,24). The van der Waals surface area contributed by atoms with Gasteiger partial charge in [-0.05, 0) is 56.8 Å². The van der Waals surface area contributed by atoms with Crippen LogP contribution in [-0.4, -0.2) is 39.0 Å². The fourth-order valence-corrected chi connectivity index (χ4v) is 4.36. The summed E-state index contributed by atoms with van der Waals surface area (Å²) in [5.41, 5.74) is 7.54. The third kappa shape index (κ3) is 3.27. The first-order chi connectivity index (χ1) is 11.4. The van der Waals surface area contributed by atoms with Crippen molar-refractivity contribution in [1.29, 1.82) is 0 Å². The number of carbonyl (C=O) groups is 1. The van der Waals surface area contributed by atoms with Crippen LogP contribution in [0.15, 0.2) is 27.1 Å². The number of carboxylic acid groups (broad SMARTS) is 1. The number of piperidine rings is 1. The zero-order valence-electron chi connectivity index (χ0n) is 12.5. The maximum Gasteiger partial charge on any atom is 0.407 e. The molecule has 128 valence electrons. The summed E-state index contributed by atoms with van der Waals surface area (Å²) in [6, 6.07) is 4.50. The lowest BCUT2D eigenvalue weighted by Gasteiger charge is -2.28. The van der Waals surface area contributed by atoms with Crippen molar-refractivity contribution in [2.75, 3.05) is 18.8 Å². The van der Waals surface area contributed by atoms with Gasteiger partial charge < -0.3 is 15.7 Å². The molecule has 0 saturated carbocycles. The monoisotopic (exact) mass is 460 g/mol. The maximum absolute atomic E-state index is 13.4. The molecular weight excluding hydrogens is 447 g/mol. The Morgan fingerprint density at radius 1 is 1.25 bits per heavy atom. The van der Waals surface area contributed by atoms with Crippen LogP contribution in [0.4, 0.5) is 15.0 Å².